The molecule has 1 saturated carbocycles. The minimum absolute atomic E-state index is 0.171. The number of nitrogens with zero attached hydrogens (tertiary/aromatic N) is 1. The quantitative estimate of drug-likeness (QED) is 0.856. The van der Waals surface area contributed by atoms with E-state index in [-0.39, 0.29) is 17.4 Å². The molecule has 3 rings (SSSR count). The molecule has 2 aliphatic rings. The molecule has 116 valence electrons. The fourth-order valence-corrected chi connectivity index (χ4v) is 5.15. The number of hydrogen-bond acceptors (Lipinski definition) is 6. The molecule has 1 saturated heterocycles. The minimum Gasteiger partial charge on any atom is -0.397 e. The number of rotatable bonds is 3. The van der Waals surface area contributed by atoms with Crippen molar-refractivity contribution >= 4 is 37.8 Å². The van der Waals surface area contributed by atoms with Gasteiger partial charge < -0.3 is 16.0 Å². The summed E-state index contributed by atoms with van der Waals surface area (Å²) in [5.74, 6) is 0.595. The van der Waals surface area contributed by atoms with Gasteiger partial charge in [0.25, 0.3) is 5.91 Å². The first-order valence-corrected chi connectivity index (χ1v) is 9.66. The zero-order valence-corrected chi connectivity index (χ0v) is 13.5. The largest absolute Gasteiger partial charge is 0.397 e. The number of nitrogens with one attached hydrogen (secondary N) is 1. The second-order valence-electron chi connectivity index (χ2n) is 5.56. The number of nitrogens with two attached hydrogens (primary N) is 1. The highest BCUT2D eigenvalue weighted by Crippen LogP contribution is 2.52. The van der Waals surface area contributed by atoms with Crippen LogP contribution in [0.2, 0.25) is 0 Å². The number of sulfone groups is 1. The SMILES string of the molecule is CNC(=O)c1sc(N2CCS(=O)(=O)CC2)c(C2CC2)c1N. The van der Waals surface area contributed by atoms with Crippen LogP contribution >= 0.6 is 11.3 Å². The number of hydrogen-bond donors (Lipinski definition) is 2. The first-order chi connectivity index (χ1) is 9.93. The van der Waals surface area contributed by atoms with Crippen LogP contribution in [0.5, 0.6) is 0 Å². The van der Waals surface area contributed by atoms with Gasteiger partial charge in [-0.15, -0.1) is 11.3 Å². The van der Waals surface area contributed by atoms with Crippen molar-refractivity contribution in [3.8, 4) is 0 Å². The van der Waals surface area contributed by atoms with E-state index in [0.29, 0.717) is 29.6 Å². The topological polar surface area (TPSA) is 92.5 Å². The van der Waals surface area contributed by atoms with Crippen molar-refractivity contribution in [2.24, 2.45) is 0 Å². The van der Waals surface area contributed by atoms with Crippen LogP contribution in [-0.2, 0) is 9.84 Å². The molecule has 0 unspecified atom stereocenters. The van der Waals surface area contributed by atoms with E-state index in [1.165, 1.54) is 11.3 Å². The Bertz CT molecular complexity index is 663. The first kappa shape index (κ1) is 14.6. The van der Waals surface area contributed by atoms with Gasteiger partial charge >= 0.3 is 0 Å². The number of amides is 1. The molecule has 8 heteroatoms. The van der Waals surface area contributed by atoms with Crippen LogP contribution in [0.15, 0.2) is 0 Å². The fraction of sp³-hybridized carbons (Fsp3) is 0.615. The van der Waals surface area contributed by atoms with E-state index < -0.39 is 9.84 Å². The molecule has 0 spiro atoms. The highest BCUT2D eigenvalue weighted by atomic mass is 32.2. The Labute approximate surface area is 128 Å². The van der Waals surface area contributed by atoms with E-state index in [0.717, 1.165) is 23.4 Å². The van der Waals surface area contributed by atoms with Gasteiger partial charge in [0.2, 0.25) is 0 Å². The van der Waals surface area contributed by atoms with Crippen molar-refractivity contribution in [3.05, 3.63) is 10.4 Å². The number of thiophene rings is 1. The van der Waals surface area contributed by atoms with E-state index in [4.69, 9.17) is 5.73 Å². The van der Waals surface area contributed by atoms with Crippen molar-refractivity contribution in [2.75, 3.05) is 42.3 Å². The molecule has 6 nitrogen and oxygen atoms in total. The van der Waals surface area contributed by atoms with Gasteiger partial charge in [0.15, 0.2) is 9.84 Å². The number of carbonyl (C=O) groups is 1. The van der Waals surface area contributed by atoms with E-state index >= 15 is 0 Å². The van der Waals surface area contributed by atoms with Crippen molar-refractivity contribution in [3.63, 3.8) is 0 Å². The molecule has 2 heterocycles. The summed E-state index contributed by atoms with van der Waals surface area (Å²) in [5.41, 5.74) is 7.81. The summed E-state index contributed by atoms with van der Waals surface area (Å²) in [7, 11) is -1.32. The second kappa shape index (κ2) is 5.17. The molecule has 2 fully saturated rings. The van der Waals surface area contributed by atoms with E-state index in [1.54, 1.807) is 7.05 Å². The maximum absolute atomic E-state index is 11.9. The van der Waals surface area contributed by atoms with Crippen LogP contribution in [0.4, 0.5) is 10.7 Å². The molecule has 1 aromatic heterocycles. The van der Waals surface area contributed by atoms with Crippen molar-refractivity contribution in [2.45, 2.75) is 18.8 Å². The molecule has 0 atom stereocenters. The molecule has 0 bridgehead atoms. The lowest BCUT2D eigenvalue weighted by molar-refractivity contribution is 0.0968. The highest BCUT2D eigenvalue weighted by Gasteiger charge is 2.35. The summed E-state index contributed by atoms with van der Waals surface area (Å²) >= 11 is 1.39. The zero-order valence-electron chi connectivity index (χ0n) is 11.9. The third-order valence-corrected chi connectivity index (χ3v) is 6.90. The summed E-state index contributed by atoms with van der Waals surface area (Å²) in [4.78, 5) is 14.5. The smallest absolute Gasteiger partial charge is 0.263 e. The van der Waals surface area contributed by atoms with Gasteiger partial charge in [-0.1, -0.05) is 0 Å². The Morgan fingerprint density at radius 3 is 2.48 bits per heavy atom. The first-order valence-electron chi connectivity index (χ1n) is 7.02. The van der Waals surface area contributed by atoms with Crippen molar-refractivity contribution in [1.29, 1.82) is 0 Å². The Kier molecular flexibility index (Phi) is 3.61. The van der Waals surface area contributed by atoms with E-state index in [2.05, 4.69) is 10.2 Å². The number of carbonyl (C=O) groups excluding carboxylic acids is 1. The molecule has 0 aromatic carbocycles. The Morgan fingerprint density at radius 2 is 1.95 bits per heavy atom. The second-order valence-corrected chi connectivity index (χ2v) is 8.86. The average molecular weight is 329 g/mol. The summed E-state index contributed by atoms with van der Waals surface area (Å²) in [6.07, 6.45) is 2.18. The molecule has 1 aliphatic carbocycles. The predicted molar refractivity (Wildman–Crippen MR) is 85.0 cm³/mol. The molecule has 1 aromatic rings. The van der Waals surface area contributed by atoms with Crippen LogP contribution in [0.25, 0.3) is 0 Å². The van der Waals surface area contributed by atoms with Gasteiger partial charge in [-0.25, -0.2) is 8.42 Å². The Hall–Kier alpha value is -1.28. The summed E-state index contributed by atoms with van der Waals surface area (Å²) in [6, 6.07) is 0. The zero-order chi connectivity index (χ0) is 15.2. The van der Waals surface area contributed by atoms with Gasteiger partial charge in [0.05, 0.1) is 22.2 Å². The van der Waals surface area contributed by atoms with Gasteiger partial charge in [-0.3, -0.25) is 4.79 Å². The highest BCUT2D eigenvalue weighted by molar-refractivity contribution is 7.91. The number of anilines is 2. The molecular weight excluding hydrogens is 310 g/mol. The predicted octanol–water partition coefficient (Wildman–Crippen LogP) is 0.802. The lowest BCUT2D eigenvalue weighted by Crippen LogP contribution is -2.40. The minimum atomic E-state index is -2.91. The molecule has 1 aliphatic heterocycles. The molecule has 0 radical (unpaired) electrons. The summed E-state index contributed by atoms with van der Waals surface area (Å²) < 4.78 is 23.1. The van der Waals surface area contributed by atoms with E-state index in [1.807, 2.05) is 0 Å². The van der Waals surface area contributed by atoms with Crippen LogP contribution in [0.1, 0.15) is 34.0 Å². The van der Waals surface area contributed by atoms with Crippen molar-refractivity contribution < 1.29 is 13.2 Å². The van der Waals surface area contributed by atoms with Gasteiger partial charge in [0, 0.05) is 25.7 Å². The lowest BCUT2D eigenvalue weighted by atomic mass is 10.1. The maximum atomic E-state index is 11.9. The van der Waals surface area contributed by atoms with Crippen LogP contribution < -0.4 is 16.0 Å². The molecule has 21 heavy (non-hydrogen) atoms. The molecule has 1 amide bonds. The Balaban J connectivity index is 1.96. The Morgan fingerprint density at radius 1 is 1.33 bits per heavy atom. The van der Waals surface area contributed by atoms with Gasteiger partial charge in [0.1, 0.15) is 4.88 Å². The van der Waals surface area contributed by atoms with Gasteiger partial charge in [-0.2, -0.15) is 0 Å². The standard InChI is InChI=1S/C13H19N3O3S2/c1-15-12(17)11-10(14)9(8-2-3-8)13(20-11)16-4-6-21(18,19)7-5-16/h8H,2-7,14H2,1H3,(H,15,17). The van der Waals surface area contributed by atoms with Gasteiger partial charge in [-0.05, 0) is 18.8 Å². The monoisotopic (exact) mass is 329 g/mol. The summed E-state index contributed by atoms with van der Waals surface area (Å²) in [5, 5.41) is 3.60. The average Bonchev–Trinajstić information content (AvgIpc) is 3.22. The normalized spacial score (nSPS) is 21.3. The van der Waals surface area contributed by atoms with Crippen LogP contribution in [0, 0.1) is 0 Å². The molecular formula is C13H19N3O3S2. The number of nitrogen functional groups attached to an aromatic ring is 1. The van der Waals surface area contributed by atoms with E-state index in [9.17, 15) is 13.2 Å². The maximum Gasteiger partial charge on any atom is 0.263 e. The van der Waals surface area contributed by atoms with Crippen LogP contribution in [-0.4, -0.2) is 46.0 Å². The fourth-order valence-electron chi connectivity index (χ4n) is 2.64. The summed E-state index contributed by atoms with van der Waals surface area (Å²) in [6.45, 7) is 0.963. The third-order valence-electron chi connectivity index (χ3n) is 4.01. The van der Waals surface area contributed by atoms with Crippen LogP contribution in [0.3, 0.4) is 0 Å². The molecule has 3 N–H and O–H groups in total. The third kappa shape index (κ3) is 2.74. The van der Waals surface area contributed by atoms with Crippen molar-refractivity contribution in [1.82, 2.24) is 5.32 Å². The lowest BCUT2D eigenvalue weighted by Gasteiger charge is -2.28.